The van der Waals surface area contributed by atoms with E-state index in [2.05, 4.69) is 6.92 Å². The summed E-state index contributed by atoms with van der Waals surface area (Å²) in [5.74, 6) is -2.00. The number of quaternary nitrogens is 1. The van der Waals surface area contributed by atoms with E-state index in [1.54, 1.807) is 0 Å². The maximum atomic E-state index is 11.9. The molecular weight excluding hydrogens is 346 g/mol. The van der Waals surface area contributed by atoms with Crippen LogP contribution in [0.4, 0.5) is 0 Å². The third kappa shape index (κ3) is 17.5. The number of unbranched alkanes of at least 4 members (excludes halogenated alkanes) is 7. The minimum atomic E-state index is -1.03. The lowest BCUT2D eigenvalue weighted by molar-refractivity contribution is -0.873. The molecule has 0 aliphatic carbocycles. The van der Waals surface area contributed by atoms with Gasteiger partial charge in [0.2, 0.25) is 0 Å². The minimum absolute atomic E-state index is 0.260. The number of hydrogen-bond donors (Lipinski definition) is 1. The van der Waals surface area contributed by atoms with Crippen LogP contribution in [0, 0.1) is 0 Å². The Morgan fingerprint density at radius 3 is 2.15 bits per heavy atom. The number of likely N-dealkylation sites (N-methyl/N-ethyl adjacent to an activating group) is 1. The molecular formula is C21H38NO5+. The van der Waals surface area contributed by atoms with E-state index in [9.17, 15) is 14.4 Å². The van der Waals surface area contributed by atoms with Gasteiger partial charge in [-0.2, -0.15) is 0 Å². The standard InChI is InChI=1S/C21H37NO5/c1-5-6-7-8-9-10-11-12-13-14-18(23)15-21(26)27-19(16-20(24)25)17-22(2,3)4/h13-14,19H,5-12,15-17H2,1-4H3/p+1. The number of allylic oxidation sites excluding steroid dienone is 2. The van der Waals surface area contributed by atoms with Crippen molar-refractivity contribution < 1.29 is 28.7 Å². The highest BCUT2D eigenvalue weighted by molar-refractivity contribution is 6.01. The molecule has 0 saturated carbocycles. The van der Waals surface area contributed by atoms with Crippen molar-refractivity contribution >= 4 is 17.7 Å². The summed E-state index contributed by atoms with van der Waals surface area (Å²) in [6, 6.07) is 0. The maximum Gasteiger partial charge on any atom is 0.314 e. The Balaban J connectivity index is 4.09. The topological polar surface area (TPSA) is 80.7 Å². The predicted octanol–water partition coefficient (Wildman–Crippen LogP) is 3.74. The molecule has 1 N–H and O–H groups in total. The van der Waals surface area contributed by atoms with E-state index in [-0.39, 0.29) is 18.6 Å². The Morgan fingerprint density at radius 1 is 1.00 bits per heavy atom. The Hall–Kier alpha value is -1.69. The summed E-state index contributed by atoms with van der Waals surface area (Å²) >= 11 is 0. The van der Waals surface area contributed by atoms with E-state index in [1.807, 2.05) is 27.2 Å². The summed E-state index contributed by atoms with van der Waals surface area (Å²) < 4.78 is 5.68. The van der Waals surface area contributed by atoms with Gasteiger partial charge in [-0.15, -0.1) is 0 Å². The quantitative estimate of drug-likeness (QED) is 0.144. The highest BCUT2D eigenvalue weighted by Crippen LogP contribution is 2.09. The number of carbonyl (C=O) groups excluding carboxylic acids is 2. The first-order valence-electron chi connectivity index (χ1n) is 10.0. The molecule has 0 radical (unpaired) electrons. The van der Waals surface area contributed by atoms with E-state index in [0.717, 1.165) is 19.3 Å². The summed E-state index contributed by atoms with van der Waals surface area (Å²) in [4.78, 5) is 34.7. The molecule has 0 saturated heterocycles. The molecule has 27 heavy (non-hydrogen) atoms. The number of ketones is 1. The number of esters is 1. The second-order valence-corrected chi connectivity index (χ2v) is 8.14. The zero-order chi connectivity index (χ0) is 20.7. The number of carboxylic acid groups (broad SMARTS) is 1. The molecule has 0 spiro atoms. The van der Waals surface area contributed by atoms with Crippen LogP contribution in [0.1, 0.15) is 71.1 Å². The van der Waals surface area contributed by atoms with Crippen LogP contribution in [0.5, 0.6) is 0 Å². The molecule has 0 aliphatic heterocycles. The Kier molecular flexibility index (Phi) is 13.5. The van der Waals surface area contributed by atoms with Crippen molar-refractivity contribution in [3.05, 3.63) is 12.2 Å². The van der Waals surface area contributed by atoms with E-state index in [4.69, 9.17) is 9.84 Å². The Bertz CT molecular complexity index is 479. The smallest absolute Gasteiger partial charge is 0.314 e. The van der Waals surface area contributed by atoms with Crippen molar-refractivity contribution in [2.75, 3.05) is 27.7 Å². The maximum absolute atomic E-state index is 11.9. The number of carboxylic acids is 1. The third-order valence-electron chi connectivity index (χ3n) is 4.05. The number of hydrogen-bond acceptors (Lipinski definition) is 4. The highest BCUT2D eigenvalue weighted by atomic mass is 16.5. The first-order valence-corrected chi connectivity index (χ1v) is 10.0. The van der Waals surface area contributed by atoms with Gasteiger partial charge in [-0.05, 0) is 18.9 Å². The number of rotatable bonds is 16. The van der Waals surface area contributed by atoms with Crippen LogP contribution >= 0.6 is 0 Å². The number of nitrogens with zero attached hydrogens (tertiary/aromatic N) is 1. The zero-order valence-corrected chi connectivity index (χ0v) is 17.5. The van der Waals surface area contributed by atoms with Crippen LogP contribution in [-0.4, -0.2) is 61.1 Å². The Labute approximate surface area is 164 Å². The fraction of sp³-hybridized carbons (Fsp3) is 0.762. The van der Waals surface area contributed by atoms with Crippen molar-refractivity contribution in [3.8, 4) is 0 Å². The lowest BCUT2D eigenvalue weighted by Crippen LogP contribution is -2.43. The summed E-state index contributed by atoms with van der Waals surface area (Å²) in [7, 11) is 5.67. The molecule has 0 bridgehead atoms. The van der Waals surface area contributed by atoms with Crippen molar-refractivity contribution in [2.45, 2.75) is 77.2 Å². The lowest BCUT2D eigenvalue weighted by Gasteiger charge is -2.28. The van der Waals surface area contributed by atoms with Gasteiger partial charge < -0.3 is 14.3 Å². The number of ether oxygens (including phenoxy) is 1. The summed E-state index contributed by atoms with van der Waals surface area (Å²) in [5, 5.41) is 8.95. The molecule has 1 atom stereocenters. The lowest BCUT2D eigenvalue weighted by atomic mass is 10.1. The van der Waals surface area contributed by atoms with E-state index in [1.165, 1.54) is 38.2 Å². The van der Waals surface area contributed by atoms with Gasteiger partial charge in [0.05, 0.1) is 27.6 Å². The van der Waals surface area contributed by atoms with Gasteiger partial charge in [0.15, 0.2) is 11.9 Å². The van der Waals surface area contributed by atoms with Gasteiger partial charge in [0.1, 0.15) is 13.0 Å². The normalized spacial score (nSPS) is 12.9. The molecule has 1 unspecified atom stereocenters. The SMILES string of the molecule is CCCCCCCCCC=CC(=O)CC(=O)OC(CC(=O)O)C[N+](C)(C)C. The van der Waals surface area contributed by atoms with Gasteiger partial charge in [-0.1, -0.05) is 51.5 Å². The summed E-state index contributed by atoms with van der Waals surface area (Å²) in [5.41, 5.74) is 0. The second kappa shape index (κ2) is 14.4. The molecule has 0 aliphatic rings. The van der Waals surface area contributed by atoms with E-state index < -0.39 is 18.0 Å². The van der Waals surface area contributed by atoms with Gasteiger partial charge >= 0.3 is 11.9 Å². The molecule has 6 nitrogen and oxygen atoms in total. The average Bonchev–Trinajstić information content (AvgIpc) is 2.50. The molecule has 6 heteroatoms. The van der Waals surface area contributed by atoms with Crippen LogP contribution in [0.3, 0.4) is 0 Å². The second-order valence-electron chi connectivity index (χ2n) is 8.14. The summed E-state index contributed by atoms with van der Waals surface area (Å²) in [6.07, 6.45) is 11.3. The third-order valence-corrected chi connectivity index (χ3v) is 4.05. The molecule has 0 heterocycles. The molecule has 0 fully saturated rings. The summed E-state index contributed by atoms with van der Waals surface area (Å²) in [6.45, 7) is 2.58. The zero-order valence-electron chi connectivity index (χ0n) is 17.5. The van der Waals surface area contributed by atoms with Gasteiger partial charge in [0.25, 0.3) is 0 Å². The van der Waals surface area contributed by atoms with Gasteiger partial charge in [-0.3, -0.25) is 14.4 Å². The van der Waals surface area contributed by atoms with Crippen molar-refractivity contribution in [3.63, 3.8) is 0 Å². The average molecular weight is 385 g/mol. The van der Waals surface area contributed by atoms with Gasteiger partial charge in [0, 0.05) is 0 Å². The Morgan fingerprint density at radius 2 is 1.59 bits per heavy atom. The van der Waals surface area contributed by atoms with Crippen LogP contribution in [0.2, 0.25) is 0 Å². The molecule has 156 valence electrons. The van der Waals surface area contributed by atoms with Gasteiger partial charge in [-0.25, -0.2) is 0 Å². The monoisotopic (exact) mass is 384 g/mol. The highest BCUT2D eigenvalue weighted by Gasteiger charge is 2.25. The molecule has 0 aromatic heterocycles. The van der Waals surface area contributed by atoms with Crippen molar-refractivity contribution in [1.29, 1.82) is 0 Å². The number of carbonyl (C=O) groups is 3. The number of aliphatic carboxylic acids is 1. The molecule has 0 rings (SSSR count). The molecule has 0 aromatic rings. The fourth-order valence-corrected chi connectivity index (χ4v) is 2.81. The largest absolute Gasteiger partial charge is 0.481 e. The first-order chi connectivity index (χ1) is 12.6. The van der Waals surface area contributed by atoms with Crippen LogP contribution < -0.4 is 0 Å². The van der Waals surface area contributed by atoms with Crippen LogP contribution in [-0.2, 0) is 19.1 Å². The van der Waals surface area contributed by atoms with E-state index in [0.29, 0.717) is 11.0 Å². The van der Waals surface area contributed by atoms with Crippen molar-refractivity contribution in [2.24, 2.45) is 0 Å². The molecule has 0 aromatic carbocycles. The predicted molar refractivity (Wildman–Crippen MR) is 106 cm³/mol. The fourth-order valence-electron chi connectivity index (χ4n) is 2.81. The minimum Gasteiger partial charge on any atom is -0.481 e. The van der Waals surface area contributed by atoms with Crippen LogP contribution in [0.25, 0.3) is 0 Å². The first kappa shape index (κ1) is 25.3. The van der Waals surface area contributed by atoms with E-state index >= 15 is 0 Å². The molecule has 0 amide bonds. The van der Waals surface area contributed by atoms with Crippen LogP contribution in [0.15, 0.2) is 12.2 Å². The van der Waals surface area contributed by atoms with Crippen molar-refractivity contribution in [1.82, 2.24) is 0 Å².